The summed E-state index contributed by atoms with van der Waals surface area (Å²) in [6, 6.07) is 10.7. The van der Waals surface area contributed by atoms with Gasteiger partial charge in [0, 0.05) is 19.5 Å². The molecule has 1 aliphatic rings. The quantitative estimate of drug-likeness (QED) is 0.766. The summed E-state index contributed by atoms with van der Waals surface area (Å²) in [6.07, 6.45) is 1.99. The number of halogens is 1. The first-order valence-electron chi connectivity index (χ1n) is 9.13. The van der Waals surface area contributed by atoms with Gasteiger partial charge < -0.3 is 10.1 Å². The maximum Gasteiger partial charge on any atom is 0.243 e. The van der Waals surface area contributed by atoms with Crippen LogP contribution in [0, 0.1) is 5.82 Å². The van der Waals surface area contributed by atoms with Gasteiger partial charge >= 0.3 is 0 Å². The molecule has 28 heavy (non-hydrogen) atoms. The molecule has 150 valence electrons. The lowest BCUT2D eigenvalue weighted by Gasteiger charge is -2.17. The average molecular weight is 406 g/mol. The summed E-state index contributed by atoms with van der Waals surface area (Å²) in [7, 11) is -2.16. The van der Waals surface area contributed by atoms with Gasteiger partial charge in [0.15, 0.2) is 0 Å². The summed E-state index contributed by atoms with van der Waals surface area (Å²) >= 11 is 0. The van der Waals surface area contributed by atoms with Crippen molar-refractivity contribution in [1.29, 1.82) is 0 Å². The first kappa shape index (κ1) is 20.3. The molecule has 0 radical (unpaired) electrons. The molecule has 0 unspecified atom stereocenters. The Morgan fingerprint density at radius 3 is 2.57 bits per heavy atom. The summed E-state index contributed by atoms with van der Waals surface area (Å²) in [5, 5.41) is 2.68. The Bertz CT molecular complexity index is 956. The normalized spacial score (nSPS) is 14.8. The van der Waals surface area contributed by atoms with E-state index < -0.39 is 10.0 Å². The van der Waals surface area contributed by atoms with Crippen molar-refractivity contribution in [2.45, 2.75) is 30.6 Å². The number of carbonyl (C=O) groups is 1. The lowest BCUT2D eigenvalue weighted by atomic mass is 10.1. The van der Waals surface area contributed by atoms with Gasteiger partial charge in [-0.1, -0.05) is 18.2 Å². The third kappa shape index (κ3) is 4.51. The van der Waals surface area contributed by atoms with Gasteiger partial charge in [0.25, 0.3) is 0 Å². The molecule has 1 N–H and O–H groups in total. The van der Waals surface area contributed by atoms with E-state index in [4.69, 9.17) is 4.74 Å². The number of sulfonamides is 1. The molecule has 1 amide bonds. The smallest absolute Gasteiger partial charge is 0.243 e. The highest BCUT2D eigenvalue weighted by Gasteiger charge is 2.28. The van der Waals surface area contributed by atoms with Crippen LogP contribution in [-0.2, 0) is 21.2 Å². The van der Waals surface area contributed by atoms with Gasteiger partial charge in [0.2, 0.25) is 15.9 Å². The molecular formula is C20H23FN2O4S. The molecular weight excluding hydrogens is 383 g/mol. The van der Waals surface area contributed by atoms with Gasteiger partial charge in [-0.3, -0.25) is 4.79 Å². The molecule has 0 aromatic heterocycles. The first-order chi connectivity index (χ1) is 13.4. The predicted molar refractivity (Wildman–Crippen MR) is 104 cm³/mol. The fourth-order valence-corrected chi connectivity index (χ4v) is 4.73. The molecule has 2 aromatic rings. The average Bonchev–Trinajstić information content (AvgIpc) is 3.23. The van der Waals surface area contributed by atoms with Crippen LogP contribution in [0.3, 0.4) is 0 Å². The molecule has 1 aliphatic heterocycles. The molecule has 1 heterocycles. The number of hydrogen-bond donors (Lipinski definition) is 1. The predicted octanol–water partition coefficient (Wildman–Crippen LogP) is 3.19. The van der Waals surface area contributed by atoms with Crippen molar-refractivity contribution in [2.75, 3.05) is 25.5 Å². The molecule has 0 bridgehead atoms. The van der Waals surface area contributed by atoms with E-state index in [0.717, 1.165) is 12.8 Å². The van der Waals surface area contributed by atoms with Gasteiger partial charge in [-0.05, 0) is 49.1 Å². The Kier molecular flexibility index (Phi) is 6.31. The minimum absolute atomic E-state index is 0.0627. The number of anilines is 1. The molecule has 1 saturated heterocycles. The van der Waals surface area contributed by atoms with Gasteiger partial charge in [-0.25, -0.2) is 12.8 Å². The Balaban J connectivity index is 1.75. The number of amides is 1. The zero-order valence-corrected chi connectivity index (χ0v) is 16.5. The van der Waals surface area contributed by atoms with E-state index in [2.05, 4.69) is 5.32 Å². The maximum atomic E-state index is 13.7. The summed E-state index contributed by atoms with van der Waals surface area (Å²) in [6.45, 7) is 0.997. The van der Waals surface area contributed by atoms with Crippen LogP contribution in [0.1, 0.15) is 24.8 Å². The number of methoxy groups -OCH3 is 1. The van der Waals surface area contributed by atoms with Crippen LogP contribution >= 0.6 is 0 Å². The van der Waals surface area contributed by atoms with Crippen molar-refractivity contribution < 1.29 is 22.3 Å². The lowest BCUT2D eigenvalue weighted by Crippen LogP contribution is -2.28. The van der Waals surface area contributed by atoms with Crippen LogP contribution in [0.25, 0.3) is 0 Å². The monoisotopic (exact) mass is 406 g/mol. The fraction of sp³-hybridized carbons (Fsp3) is 0.350. The first-order valence-corrected chi connectivity index (χ1v) is 10.6. The highest BCUT2D eigenvalue weighted by atomic mass is 32.2. The summed E-state index contributed by atoms with van der Waals surface area (Å²) in [5.41, 5.74) is 0.733. The van der Waals surface area contributed by atoms with E-state index in [1.165, 1.54) is 35.7 Å². The van der Waals surface area contributed by atoms with Crippen LogP contribution in [0.15, 0.2) is 47.4 Å². The van der Waals surface area contributed by atoms with Crippen LogP contribution in [-0.4, -0.2) is 38.8 Å². The van der Waals surface area contributed by atoms with E-state index in [-0.39, 0.29) is 35.1 Å². The van der Waals surface area contributed by atoms with Crippen molar-refractivity contribution in [3.8, 4) is 5.75 Å². The van der Waals surface area contributed by atoms with Crippen molar-refractivity contribution in [3.63, 3.8) is 0 Å². The van der Waals surface area contributed by atoms with E-state index in [9.17, 15) is 17.6 Å². The van der Waals surface area contributed by atoms with E-state index in [1.54, 1.807) is 18.2 Å². The Hall–Kier alpha value is -2.45. The second-order valence-electron chi connectivity index (χ2n) is 6.61. The van der Waals surface area contributed by atoms with Crippen LogP contribution in [0.5, 0.6) is 5.75 Å². The molecule has 1 fully saturated rings. The zero-order valence-electron chi connectivity index (χ0n) is 15.7. The summed E-state index contributed by atoms with van der Waals surface area (Å²) in [4.78, 5) is 12.4. The standard InChI is InChI=1S/C20H23FN2O4S/c1-27-19-10-9-16(28(25,26)23-12-4-5-13-23)14-18(19)22-20(24)11-8-15-6-2-3-7-17(15)21/h2-3,6-7,9-10,14H,4-5,8,11-13H2,1H3,(H,22,24). The molecule has 6 nitrogen and oxygen atoms in total. The van der Waals surface area contributed by atoms with Gasteiger partial charge in [0.05, 0.1) is 17.7 Å². The second kappa shape index (κ2) is 8.70. The highest BCUT2D eigenvalue weighted by Crippen LogP contribution is 2.30. The number of hydrogen-bond acceptors (Lipinski definition) is 4. The molecule has 0 aliphatic carbocycles. The Labute approximate surface area is 164 Å². The number of nitrogens with one attached hydrogen (secondary N) is 1. The third-order valence-electron chi connectivity index (χ3n) is 4.73. The van der Waals surface area contributed by atoms with Crippen molar-refractivity contribution >= 4 is 21.6 Å². The van der Waals surface area contributed by atoms with E-state index >= 15 is 0 Å². The Morgan fingerprint density at radius 2 is 1.89 bits per heavy atom. The number of aryl methyl sites for hydroxylation is 1. The Morgan fingerprint density at radius 1 is 1.18 bits per heavy atom. The van der Waals surface area contributed by atoms with Crippen LogP contribution in [0.4, 0.5) is 10.1 Å². The maximum absolute atomic E-state index is 13.7. The van der Waals surface area contributed by atoms with E-state index in [1.807, 2.05) is 0 Å². The minimum atomic E-state index is -3.61. The number of nitrogens with zero attached hydrogens (tertiary/aromatic N) is 1. The van der Waals surface area contributed by atoms with Gasteiger partial charge in [-0.2, -0.15) is 4.31 Å². The number of carbonyl (C=O) groups excluding carboxylic acids is 1. The third-order valence-corrected chi connectivity index (χ3v) is 6.62. The van der Waals surface area contributed by atoms with Gasteiger partial charge in [0.1, 0.15) is 11.6 Å². The molecule has 0 spiro atoms. The number of benzene rings is 2. The molecule has 2 aromatic carbocycles. The molecule has 0 atom stereocenters. The zero-order chi connectivity index (χ0) is 20.1. The SMILES string of the molecule is COc1ccc(S(=O)(=O)N2CCCC2)cc1NC(=O)CCc1ccccc1F. The van der Waals surface area contributed by atoms with Crippen LogP contribution in [0.2, 0.25) is 0 Å². The lowest BCUT2D eigenvalue weighted by molar-refractivity contribution is -0.116. The second-order valence-corrected chi connectivity index (χ2v) is 8.55. The summed E-state index contributed by atoms with van der Waals surface area (Å²) < 4.78 is 45.9. The van der Waals surface area contributed by atoms with Gasteiger partial charge in [-0.15, -0.1) is 0 Å². The van der Waals surface area contributed by atoms with Crippen LogP contribution < -0.4 is 10.1 Å². The van der Waals surface area contributed by atoms with Crippen molar-refractivity contribution in [1.82, 2.24) is 4.31 Å². The highest BCUT2D eigenvalue weighted by molar-refractivity contribution is 7.89. The van der Waals surface area contributed by atoms with E-state index in [0.29, 0.717) is 24.4 Å². The summed E-state index contributed by atoms with van der Waals surface area (Å²) in [5.74, 6) is -0.344. The minimum Gasteiger partial charge on any atom is -0.495 e. The van der Waals surface area contributed by atoms with Crippen molar-refractivity contribution in [2.24, 2.45) is 0 Å². The topological polar surface area (TPSA) is 75.7 Å². The molecule has 0 saturated carbocycles. The van der Waals surface area contributed by atoms with Crippen molar-refractivity contribution in [3.05, 3.63) is 53.8 Å². The molecule has 3 rings (SSSR count). The fourth-order valence-electron chi connectivity index (χ4n) is 3.18. The molecule has 8 heteroatoms. The largest absolute Gasteiger partial charge is 0.495 e. The number of ether oxygens (including phenoxy) is 1. The number of rotatable bonds is 7.